The van der Waals surface area contributed by atoms with Crippen molar-refractivity contribution in [2.45, 2.75) is 46.1 Å². The first-order chi connectivity index (χ1) is 9.95. The van der Waals surface area contributed by atoms with Crippen molar-refractivity contribution < 1.29 is 0 Å². The first-order valence-corrected chi connectivity index (χ1v) is 8.46. The summed E-state index contributed by atoms with van der Waals surface area (Å²) in [6, 6.07) is 10.7. The number of nitrogens with zero attached hydrogens (tertiary/aromatic N) is 1. The average molecular weight is 302 g/mol. The third kappa shape index (κ3) is 3.72. The van der Waals surface area contributed by atoms with E-state index in [0.717, 1.165) is 13.0 Å². The maximum absolute atomic E-state index is 5.00. The molecule has 0 bridgehead atoms. The lowest BCUT2D eigenvalue weighted by Gasteiger charge is -2.22. The molecule has 0 amide bonds. The van der Waals surface area contributed by atoms with Gasteiger partial charge in [0, 0.05) is 16.8 Å². The second-order valence-electron chi connectivity index (χ2n) is 6.51. The van der Waals surface area contributed by atoms with Gasteiger partial charge in [0.2, 0.25) is 0 Å². The molecular formula is C18H26N2S. The number of nitrogens with one attached hydrogen (secondary N) is 1. The van der Waals surface area contributed by atoms with E-state index in [9.17, 15) is 0 Å². The maximum atomic E-state index is 5.00. The highest BCUT2D eigenvalue weighted by Crippen LogP contribution is 2.36. The molecule has 0 saturated carbocycles. The monoisotopic (exact) mass is 302 g/mol. The minimum atomic E-state index is -0.0380. The van der Waals surface area contributed by atoms with E-state index >= 15 is 0 Å². The number of rotatable bonds is 6. The molecule has 0 aliphatic carbocycles. The number of hydrogen-bond donors (Lipinski definition) is 1. The Morgan fingerprint density at radius 2 is 1.86 bits per heavy atom. The third-order valence-electron chi connectivity index (χ3n) is 3.75. The van der Waals surface area contributed by atoms with E-state index in [1.165, 1.54) is 21.1 Å². The molecule has 1 aromatic heterocycles. The van der Waals surface area contributed by atoms with Crippen LogP contribution in [0.25, 0.3) is 0 Å². The van der Waals surface area contributed by atoms with Crippen molar-refractivity contribution in [3.05, 3.63) is 51.5 Å². The first kappa shape index (κ1) is 16.2. The molecule has 114 valence electrons. The van der Waals surface area contributed by atoms with Gasteiger partial charge >= 0.3 is 0 Å². The standard InChI is InChI=1S/C18H26N2S/c1-13(2)11-15-16(12-19-5)21-17(20-15)18(3,4)14-9-7-6-8-10-14/h6-10,13,19H,11-12H2,1-5H3. The zero-order valence-electron chi connectivity index (χ0n) is 13.7. The van der Waals surface area contributed by atoms with Crippen LogP contribution in [0.4, 0.5) is 0 Å². The Morgan fingerprint density at radius 1 is 1.19 bits per heavy atom. The lowest BCUT2D eigenvalue weighted by Crippen LogP contribution is -2.18. The smallest absolute Gasteiger partial charge is 0.103 e. The van der Waals surface area contributed by atoms with E-state index < -0.39 is 0 Å². The summed E-state index contributed by atoms with van der Waals surface area (Å²) in [5.74, 6) is 0.635. The molecule has 2 rings (SSSR count). The summed E-state index contributed by atoms with van der Waals surface area (Å²) < 4.78 is 0. The van der Waals surface area contributed by atoms with Crippen LogP contribution in [0.1, 0.15) is 48.8 Å². The summed E-state index contributed by atoms with van der Waals surface area (Å²) >= 11 is 1.85. The SMILES string of the molecule is CNCc1sc(C(C)(C)c2ccccc2)nc1CC(C)C. The number of benzene rings is 1. The zero-order valence-corrected chi connectivity index (χ0v) is 14.6. The van der Waals surface area contributed by atoms with Gasteiger partial charge in [-0.2, -0.15) is 0 Å². The van der Waals surface area contributed by atoms with E-state index in [0.29, 0.717) is 5.92 Å². The molecular weight excluding hydrogens is 276 g/mol. The Bertz CT molecular complexity index is 570. The van der Waals surface area contributed by atoms with Crippen LogP contribution >= 0.6 is 11.3 Å². The summed E-state index contributed by atoms with van der Waals surface area (Å²) in [5, 5.41) is 4.49. The van der Waals surface area contributed by atoms with Crippen LogP contribution in [0.15, 0.2) is 30.3 Å². The van der Waals surface area contributed by atoms with Crippen molar-refractivity contribution in [2.24, 2.45) is 5.92 Å². The average Bonchev–Trinajstić information content (AvgIpc) is 2.83. The third-order valence-corrected chi connectivity index (χ3v) is 5.17. The number of thiazole rings is 1. The van der Waals surface area contributed by atoms with Gasteiger partial charge in [-0.15, -0.1) is 11.3 Å². The normalized spacial score (nSPS) is 12.1. The van der Waals surface area contributed by atoms with Crippen molar-refractivity contribution in [1.29, 1.82) is 0 Å². The van der Waals surface area contributed by atoms with Gasteiger partial charge in [-0.25, -0.2) is 4.98 Å². The molecule has 1 heterocycles. The Balaban J connectivity index is 2.39. The second kappa shape index (κ2) is 6.71. The predicted octanol–water partition coefficient (Wildman–Crippen LogP) is 4.39. The largest absolute Gasteiger partial charge is 0.315 e. The Morgan fingerprint density at radius 3 is 2.43 bits per heavy atom. The van der Waals surface area contributed by atoms with E-state index in [1.54, 1.807) is 0 Å². The van der Waals surface area contributed by atoms with Crippen LogP contribution in [0, 0.1) is 5.92 Å². The van der Waals surface area contributed by atoms with Gasteiger partial charge in [0.15, 0.2) is 0 Å². The molecule has 0 aliphatic rings. The minimum Gasteiger partial charge on any atom is -0.315 e. The van der Waals surface area contributed by atoms with Gasteiger partial charge in [0.25, 0.3) is 0 Å². The molecule has 1 N–H and O–H groups in total. The van der Waals surface area contributed by atoms with Crippen LogP contribution < -0.4 is 5.32 Å². The molecule has 0 fully saturated rings. The first-order valence-electron chi connectivity index (χ1n) is 7.64. The molecule has 0 unspecified atom stereocenters. The fraction of sp³-hybridized carbons (Fsp3) is 0.500. The molecule has 0 radical (unpaired) electrons. The van der Waals surface area contributed by atoms with Gasteiger partial charge in [-0.05, 0) is 38.8 Å². The van der Waals surface area contributed by atoms with Gasteiger partial charge in [0.05, 0.1) is 5.69 Å². The van der Waals surface area contributed by atoms with Gasteiger partial charge in [-0.1, -0.05) is 44.2 Å². The van der Waals surface area contributed by atoms with Crippen molar-refractivity contribution in [2.75, 3.05) is 7.05 Å². The number of hydrogen-bond acceptors (Lipinski definition) is 3. The molecule has 1 aromatic carbocycles. The van der Waals surface area contributed by atoms with Gasteiger partial charge in [0.1, 0.15) is 5.01 Å². The fourth-order valence-electron chi connectivity index (χ4n) is 2.47. The molecule has 0 saturated heterocycles. The Hall–Kier alpha value is -1.19. The summed E-state index contributed by atoms with van der Waals surface area (Å²) in [6.07, 6.45) is 1.05. The molecule has 0 aliphatic heterocycles. The molecule has 3 heteroatoms. The zero-order chi connectivity index (χ0) is 15.5. The summed E-state index contributed by atoms with van der Waals surface area (Å²) in [7, 11) is 2.00. The van der Waals surface area contributed by atoms with E-state index in [-0.39, 0.29) is 5.41 Å². The second-order valence-corrected chi connectivity index (χ2v) is 7.59. The van der Waals surface area contributed by atoms with Crippen molar-refractivity contribution in [3.8, 4) is 0 Å². The quantitative estimate of drug-likeness (QED) is 0.856. The highest BCUT2D eigenvalue weighted by atomic mass is 32.1. The highest BCUT2D eigenvalue weighted by molar-refractivity contribution is 7.12. The van der Waals surface area contributed by atoms with Crippen LogP contribution in [0.2, 0.25) is 0 Å². The summed E-state index contributed by atoms with van der Waals surface area (Å²) in [4.78, 5) is 6.38. The maximum Gasteiger partial charge on any atom is 0.103 e. The van der Waals surface area contributed by atoms with Crippen molar-refractivity contribution in [3.63, 3.8) is 0 Å². The van der Waals surface area contributed by atoms with E-state index in [4.69, 9.17) is 4.98 Å². The minimum absolute atomic E-state index is 0.0380. The van der Waals surface area contributed by atoms with Crippen LogP contribution in [-0.2, 0) is 18.4 Å². The lowest BCUT2D eigenvalue weighted by atomic mass is 9.85. The van der Waals surface area contributed by atoms with Crippen LogP contribution in [-0.4, -0.2) is 12.0 Å². The van der Waals surface area contributed by atoms with E-state index in [2.05, 4.69) is 63.3 Å². The Kier molecular flexibility index (Phi) is 5.17. The fourth-order valence-corrected chi connectivity index (χ4v) is 3.70. The molecule has 0 atom stereocenters. The summed E-state index contributed by atoms with van der Waals surface area (Å²) in [5.41, 5.74) is 2.55. The molecule has 2 aromatic rings. The summed E-state index contributed by atoms with van der Waals surface area (Å²) in [6.45, 7) is 9.95. The van der Waals surface area contributed by atoms with Gasteiger partial charge < -0.3 is 5.32 Å². The topological polar surface area (TPSA) is 24.9 Å². The molecule has 21 heavy (non-hydrogen) atoms. The lowest BCUT2D eigenvalue weighted by molar-refractivity contribution is 0.607. The molecule has 0 spiro atoms. The van der Waals surface area contributed by atoms with Crippen LogP contribution in [0.3, 0.4) is 0 Å². The number of aromatic nitrogens is 1. The van der Waals surface area contributed by atoms with Crippen molar-refractivity contribution in [1.82, 2.24) is 10.3 Å². The molecule has 2 nitrogen and oxygen atoms in total. The van der Waals surface area contributed by atoms with E-state index in [1.807, 2.05) is 18.4 Å². The van der Waals surface area contributed by atoms with Gasteiger partial charge in [-0.3, -0.25) is 0 Å². The Labute approximate surface area is 132 Å². The highest BCUT2D eigenvalue weighted by Gasteiger charge is 2.28. The van der Waals surface area contributed by atoms with Crippen LogP contribution in [0.5, 0.6) is 0 Å². The predicted molar refractivity (Wildman–Crippen MR) is 92.0 cm³/mol. The van der Waals surface area contributed by atoms with Crippen molar-refractivity contribution >= 4 is 11.3 Å².